The van der Waals surface area contributed by atoms with Crippen LogP contribution in [-0.4, -0.2) is 24.1 Å². The first-order valence-corrected chi connectivity index (χ1v) is 6.27. The zero-order chi connectivity index (χ0) is 15.2. The van der Waals surface area contributed by atoms with Gasteiger partial charge in [-0.2, -0.15) is 0 Å². The minimum Gasteiger partial charge on any atom is -0.423 e. The van der Waals surface area contributed by atoms with E-state index < -0.39 is 17.1 Å². The molecule has 0 aliphatic rings. The number of carbonyl (C=O) groups is 1. The second-order valence-corrected chi connectivity index (χ2v) is 4.30. The fraction of sp³-hybridized carbons (Fsp3) is 0.133. The quantitative estimate of drug-likeness (QED) is 0.480. The molecule has 21 heavy (non-hydrogen) atoms. The van der Waals surface area contributed by atoms with Crippen molar-refractivity contribution in [1.82, 2.24) is 0 Å². The molecule has 108 valence electrons. The van der Waals surface area contributed by atoms with Gasteiger partial charge in [0, 0.05) is 12.7 Å². The number of carbonyl (C=O) groups excluding carboxylic acids is 1. The number of ether oxygens (including phenoxy) is 1. The third-order valence-electron chi connectivity index (χ3n) is 2.87. The number of hydrogen-bond donors (Lipinski definition) is 0. The molecule has 0 aliphatic heterocycles. The standard InChI is InChI=1S/C15H14N2O4/c1-16(12-8-4-2-5-9-12)14(18)15(17(19)20)21-13-10-6-3-7-11-13/h2-11,15H,1H3. The van der Waals surface area contributed by atoms with Gasteiger partial charge in [-0.15, -0.1) is 0 Å². The Hall–Kier alpha value is -2.89. The highest BCUT2D eigenvalue weighted by Gasteiger charge is 2.35. The molecule has 1 unspecified atom stereocenters. The molecule has 2 aromatic rings. The monoisotopic (exact) mass is 286 g/mol. The van der Waals surface area contributed by atoms with Crippen LogP contribution in [0.15, 0.2) is 60.7 Å². The van der Waals surface area contributed by atoms with E-state index in [2.05, 4.69) is 0 Å². The number of anilines is 1. The molecule has 0 spiro atoms. The lowest BCUT2D eigenvalue weighted by atomic mass is 10.3. The Morgan fingerprint density at radius 1 is 1.10 bits per heavy atom. The summed E-state index contributed by atoms with van der Waals surface area (Å²) in [6.07, 6.45) is -1.78. The summed E-state index contributed by atoms with van der Waals surface area (Å²) in [5, 5.41) is 11.1. The lowest BCUT2D eigenvalue weighted by Crippen LogP contribution is -2.44. The minimum absolute atomic E-state index is 0.272. The van der Waals surface area contributed by atoms with Crippen molar-refractivity contribution < 1.29 is 14.5 Å². The number of nitrogens with zero attached hydrogens (tertiary/aromatic N) is 2. The van der Waals surface area contributed by atoms with Gasteiger partial charge in [0.15, 0.2) is 0 Å². The van der Waals surface area contributed by atoms with E-state index in [4.69, 9.17) is 4.74 Å². The Morgan fingerprint density at radius 3 is 2.14 bits per heavy atom. The maximum atomic E-state index is 12.2. The van der Waals surface area contributed by atoms with E-state index in [9.17, 15) is 14.9 Å². The van der Waals surface area contributed by atoms with Crippen molar-refractivity contribution in [2.24, 2.45) is 0 Å². The second kappa shape index (κ2) is 6.51. The molecule has 1 atom stereocenters. The first kappa shape index (κ1) is 14.5. The first-order valence-electron chi connectivity index (χ1n) is 6.27. The molecule has 0 N–H and O–H groups in total. The lowest BCUT2D eigenvalue weighted by molar-refractivity contribution is -0.545. The van der Waals surface area contributed by atoms with Gasteiger partial charge in [0.25, 0.3) is 0 Å². The van der Waals surface area contributed by atoms with Crippen LogP contribution in [0.1, 0.15) is 0 Å². The predicted octanol–water partition coefficient (Wildman–Crippen LogP) is 2.33. The molecule has 6 nitrogen and oxygen atoms in total. The van der Waals surface area contributed by atoms with Crippen molar-refractivity contribution in [2.75, 3.05) is 11.9 Å². The summed E-state index contributed by atoms with van der Waals surface area (Å²) in [4.78, 5) is 23.8. The molecular formula is C15H14N2O4. The normalized spacial score (nSPS) is 11.5. The van der Waals surface area contributed by atoms with E-state index in [-0.39, 0.29) is 5.75 Å². The smallest absolute Gasteiger partial charge is 0.423 e. The highest BCUT2D eigenvalue weighted by atomic mass is 16.7. The van der Waals surface area contributed by atoms with Gasteiger partial charge in [-0.05, 0) is 24.3 Å². The van der Waals surface area contributed by atoms with E-state index in [1.807, 2.05) is 0 Å². The van der Waals surface area contributed by atoms with Gasteiger partial charge in [0.2, 0.25) is 0 Å². The Balaban J connectivity index is 2.18. The van der Waals surface area contributed by atoms with Gasteiger partial charge >= 0.3 is 12.1 Å². The molecule has 0 fully saturated rings. The first-order chi connectivity index (χ1) is 10.1. The van der Waals surface area contributed by atoms with Crippen LogP contribution in [-0.2, 0) is 4.79 Å². The molecule has 6 heteroatoms. The second-order valence-electron chi connectivity index (χ2n) is 4.30. The average molecular weight is 286 g/mol. The zero-order valence-electron chi connectivity index (χ0n) is 11.4. The summed E-state index contributed by atoms with van der Waals surface area (Å²) >= 11 is 0. The van der Waals surface area contributed by atoms with E-state index in [0.29, 0.717) is 5.69 Å². The summed E-state index contributed by atoms with van der Waals surface area (Å²) in [6, 6.07) is 16.9. The van der Waals surface area contributed by atoms with E-state index >= 15 is 0 Å². The van der Waals surface area contributed by atoms with Crippen molar-refractivity contribution in [3.8, 4) is 5.75 Å². The molecule has 0 bridgehead atoms. The van der Waals surface area contributed by atoms with Crippen LogP contribution < -0.4 is 9.64 Å². The Kier molecular flexibility index (Phi) is 4.50. The number of likely N-dealkylation sites (N-methyl/N-ethyl adjacent to an activating group) is 1. The number of benzene rings is 2. The van der Waals surface area contributed by atoms with Crippen molar-refractivity contribution in [3.05, 3.63) is 70.8 Å². The molecule has 2 aromatic carbocycles. The summed E-state index contributed by atoms with van der Waals surface area (Å²) in [7, 11) is 1.47. The summed E-state index contributed by atoms with van der Waals surface area (Å²) in [5.41, 5.74) is 0.561. The number of rotatable bonds is 5. The van der Waals surface area contributed by atoms with Crippen LogP contribution in [0.5, 0.6) is 5.75 Å². The molecule has 2 rings (SSSR count). The van der Waals surface area contributed by atoms with E-state index in [0.717, 1.165) is 0 Å². The average Bonchev–Trinajstić information content (AvgIpc) is 2.53. The Bertz CT molecular complexity index is 616. The topological polar surface area (TPSA) is 72.7 Å². The van der Waals surface area contributed by atoms with Crippen molar-refractivity contribution in [2.45, 2.75) is 6.23 Å². The van der Waals surface area contributed by atoms with Gasteiger partial charge < -0.3 is 9.64 Å². The van der Waals surface area contributed by atoms with E-state index in [1.54, 1.807) is 60.7 Å². The van der Waals surface area contributed by atoms with Gasteiger partial charge in [-0.1, -0.05) is 36.4 Å². The number of hydrogen-bond acceptors (Lipinski definition) is 4. The lowest BCUT2D eigenvalue weighted by Gasteiger charge is -2.19. The van der Waals surface area contributed by atoms with Crippen molar-refractivity contribution >= 4 is 11.6 Å². The molecular weight excluding hydrogens is 272 g/mol. The molecule has 0 radical (unpaired) electrons. The van der Waals surface area contributed by atoms with Crippen molar-refractivity contribution in [1.29, 1.82) is 0 Å². The number of para-hydroxylation sites is 2. The number of nitro groups is 1. The molecule has 0 aromatic heterocycles. The highest BCUT2D eigenvalue weighted by Crippen LogP contribution is 2.16. The summed E-state index contributed by atoms with van der Waals surface area (Å²) < 4.78 is 5.19. The van der Waals surface area contributed by atoms with Gasteiger partial charge in [0.1, 0.15) is 5.75 Å². The third-order valence-corrected chi connectivity index (χ3v) is 2.87. The molecule has 0 aliphatic carbocycles. The van der Waals surface area contributed by atoms with Crippen LogP contribution in [0.25, 0.3) is 0 Å². The zero-order valence-corrected chi connectivity index (χ0v) is 11.4. The Morgan fingerprint density at radius 2 is 1.62 bits per heavy atom. The summed E-state index contributed by atoms with van der Waals surface area (Å²) in [6.45, 7) is 0. The summed E-state index contributed by atoms with van der Waals surface area (Å²) in [5.74, 6) is -0.468. The highest BCUT2D eigenvalue weighted by molar-refractivity contribution is 5.95. The van der Waals surface area contributed by atoms with Gasteiger partial charge in [0.05, 0.1) is 4.92 Å². The largest absolute Gasteiger partial charge is 0.434 e. The SMILES string of the molecule is CN(C(=O)C(Oc1ccccc1)[N+](=O)[O-])c1ccccc1. The van der Waals surface area contributed by atoms with Gasteiger partial charge in [-0.3, -0.25) is 14.9 Å². The van der Waals surface area contributed by atoms with Crippen LogP contribution in [0.4, 0.5) is 5.69 Å². The molecule has 1 amide bonds. The van der Waals surface area contributed by atoms with Gasteiger partial charge in [-0.25, -0.2) is 0 Å². The Labute approximate surface area is 121 Å². The molecule has 0 saturated heterocycles. The predicted molar refractivity (Wildman–Crippen MR) is 77.7 cm³/mol. The maximum Gasteiger partial charge on any atom is 0.434 e. The van der Waals surface area contributed by atoms with Crippen LogP contribution in [0.3, 0.4) is 0 Å². The maximum absolute atomic E-state index is 12.2. The van der Waals surface area contributed by atoms with Crippen LogP contribution in [0, 0.1) is 10.1 Å². The van der Waals surface area contributed by atoms with Crippen molar-refractivity contribution in [3.63, 3.8) is 0 Å². The molecule has 0 saturated carbocycles. The molecule has 0 heterocycles. The van der Waals surface area contributed by atoms with Crippen LogP contribution in [0.2, 0.25) is 0 Å². The van der Waals surface area contributed by atoms with Crippen LogP contribution >= 0.6 is 0 Å². The van der Waals surface area contributed by atoms with E-state index in [1.165, 1.54) is 11.9 Å². The minimum atomic E-state index is -1.78. The third kappa shape index (κ3) is 3.56. The fourth-order valence-corrected chi connectivity index (χ4v) is 1.76. The fourth-order valence-electron chi connectivity index (χ4n) is 1.76. The number of amides is 1.